The average Bonchev–Trinajstić information content (AvgIpc) is 2.19. The number of unbranched alkanes of at least 4 members (excludes halogenated alkanes) is 2. The highest BCUT2D eigenvalue weighted by Crippen LogP contribution is 2.22. The first-order valence-corrected chi connectivity index (χ1v) is 6.92. The van der Waals surface area contributed by atoms with Crippen LogP contribution in [0, 0.1) is 0 Å². The fourth-order valence-electron chi connectivity index (χ4n) is 1.48. The molecule has 0 radical (unpaired) electrons. The van der Waals surface area contributed by atoms with Gasteiger partial charge in [0, 0.05) is 18.5 Å². The van der Waals surface area contributed by atoms with E-state index >= 15 is 0 Å². The normalized spacial score (nSPS) is 19.2. The lowest BCUT2D eigenvalue weighted by molar-refractivity contribution is 0.100. The van der Waals surface area contributed by atoms with Crippen molar-refractivity contribution in [2.24, 2.45) is 0 Å². The van der Waals surface area contributed by atoms with Crippen LogP contribution in [0.25, 0.3) is 0 Å². The minimum absolute atomic E-state index is 0.879. The third kappa shape index (κ3) is 5.87. The molecule has 0 aliphatic carbocycles. The molecular formula is C10H20OS2. The van der Waals surface area contributed by atoms with E-state index < -0.39 is 0 Å². The van der Waals surface area contributed by atoms with Crippen LogP contribution >= 0.6 is 24.4 Å². The van der Waals surface area contributed by atoms with E-state index in [4.69, 9.17) is 4.74 Å². The highest BCUT2D eigenvalue weighted by Gasteiger charge is 2.12. The van der Waals surface area contributed by atoms with Crippen LogP contribution in [0.1, 0.15) is 32.1 Å². The first kappa shape index (κ1) is 11.7. The van der Waals surface area contributed by atoms with Crippen LogP contribution in [-0.4, -0.2) is 30.0 Å². The molecule has 13 heavy (non-hydrogen) atoms. The van der Waals surface area contributed by atoms with Crippen LogP contribution in [0.15, 0.2) is 0 Å². The molecule has 0 amide bonds. The zero-order valence-electron chi connectivity index (χ0n) is 8.21. The van der Waals surface area contributed by atoms with Crippen LogP contribution in [0.3, 0.4) is 0 Å². The van der Waals surface area contributed by atoms with Crippen LogP contribution < -0.4 is 0 Å². The zero-order chi connectivity index (χ0) is 9.36. The SMILES string of the molecule is SCCCCCSC1CCOCC1. The summed E-state index contributed by atoms with van der Waals surface area (Å²) in [5.41, 5.74) is 0. The summed E-state index contributed by atoms with van der Waals surface area (Å²) in [5.74, 6) is 2.38. The summed E-state index contributed by atoms with van der Waals surface area (Å²) < 4.78 is 5.32. The number of thioether (sulfide) groups is 1. The van der Waals surface area contributed by atoms with Gasteiger partial charge in [0.25, 0.3) is 0 Å². The van der Waals surface area contributed by atoms with E-state index in [0.29, 0.717) is 0 Å². The van der Waals surface area contributed by atoms with Crippen molar-refractivity contribution < 1.29 is 4.74 Å². The average molecular weight is 220 g/mol. The molecule has 1 aliphatic heterocycles. The first-order valence-electron chi connectivity index (χ1n) is 5.23. The first-order chi connectivity index (χ1) is 6.43. The van der Waals surface area contributed by atoms with Gasteiger partial charge in [-0.2, -0.15) is 24.4 Å². The van der Waals surface area contributed by atoms with Gasteiger partial charge in [-0.1, -0.05) is 6.42 Å². The van der Waals surface area contributed by atoms with Crippen molar-refractivity contribution in [2.45, 2.75) is 37.4 Å². The number of hydrogen-bond donors (Lipinski definition) is 1. The summed E-state index contributed by atoms with van der Waals surface area (Å²) in [6.45, 7) is 1.96. The molecule has 1 aliphatic rings. The molecule has 1 heterocycles. The maximum atomic E-state index is 5.32. The molecular weight excluding hydrogens is 200 g/mol. The van der Waals surface area contributed by atoms with Crippen molar-refractivity contribution in [3.63, 3.8) is 0 Å². The van der Waals surface area contributed by atoms with E-state index in [9.17, 15) is 0 Å². The molecule has 1 saturated heterocycles. The summed E-state index contributed by atoms with van der Waals surface area (Å²) in [4.78, 5) is 0. The molecule has 78 valence electrons. The predicted octanol–water partition coefficient (Wildman–Crippen LogP) is 3.00. The van der Waals surface area contributed by atoms with E-state index in [-0.39, 0.29) is 0 Å². The Morgan fingerprint density at radius 2 is 1.92 bits per heavy atom. The number of ether oxygens (including phenoxy) is 1. The lowest BCUT2D eigenvalue weighted by atomic mass is 10.2. The van der Waals surface area contributed by atoms with E-state index in [1.807, 2.05) is 0 Å². The van der Waals surface area contributed by atoms with Gasteiger partial charge < -0.3 is 4.74 Å². The van der Waals surface area contributed by atoms with Crippen LogP contribution in [0.2, 0.25) is 0 Å². The highest BCUT2D eigenvalue weighted by atomic mass is 32.2. The second-order valence-electron chi connectivity index (χ2n) is 3.47. The van der Waals surface area contributed by atoms with Crippen molar-refractivity contribution in [2.75, 3.05) is 24.7 Å². The Morgan fingerprint density at radius 3 is 2.62 bits per heavy atom. The summed E-state index contributed by atoms with van der Waals surface area (Å²) in [5, 5.41) is 0.879. The zero-order valence-corrected chi connectivity index (χ0v) is 9.92. The van der Waals surface area contributed by atoms with Crippen LogP contribution in [-0.2, 0) is 4.74 Å². The second kappa shape index (κ2) is 8.01. The Balaban J connectivity index is 1.86. The number of thiol groups is 1. The van der Waals surface area contributed by atoms with Gasteiger partial charge in [0.05, 0.1) is 0 Å². The third-order valence-corrected chi connectivity index (χ3v) is 4.11. The molecule has 0 N–H and O–H groups in total. The van der Waals surface area contributed by atoms with Gasteiger partial charge >= 0.3 is 0 Å². The summed E-state index contributed by atoms with van der Waals surface area (Å²) >= 11 is 6.34. The molecule has 0 aromatic heterocycles. The monoisotopic (exact) mass is 220 g/mol. The molecule has 0 aromatic carbocycles. The quantitative estimate of drug-likeness (QED) is 0.544. The predicted molar refractivity (Wildman–Crippen MR) is 64.0 cm³/mol. The van der Waals surface area contributed by atoms with Gasteiger partial charge in [-0.25, -0.2) is 0 Å². The van der Waals surface area contributed by atoms with Crippen molar-refractivity contribution in [3.8, 4) is 0 Å². The lowest BCUT2D eigenvalue weighted by Crippen LogP contribution is -2.17. The molecule has 0 spiro atoms. The third-order valence-electron chi connectivity index (χ3n) is 2.32. The van der Waals surface area contributed by atoms with Crippen LogP contribution in [0.4, 0.5) is 0 Å². The minimum atomic E-state index is 0.879. The van der Waals surface area contributed by atoms with Crippen molar-refractivity contribution in [1.29, 1.82) is 0 Å². The Hall–Kier alpha value is 0.660. The fraction of sp³-hybridized carbons (Fsp3) is 1.00. The summed E-state index contributed by atoms with van der Waals surface area (Å²) in [6, 6.07) is 0. The van der Waals surface area contributed by atoms with E-state index in [0.717, 1.165) is 24.2 Å². The Bertz CT molecular complexity index is 113. The second-order valence-corrected chi connectivity index (χ2v) is 5.32. The lowest BCUT2D eigenvalue weighted by Gasteiger charge is -2.21. The van der Waals surface area contributed by atoms with Gasteiger partial charge in [-0.05, 0) is 37.2 Å². The van der Waals surface area contributed by atoms with Gasteiger partial charge in [0.15, 0.2) is 0 Å². The molecule has 1 rings (SSSR count). The van der Waals surface area contributed by atoms with Gasteiger partial charge in [0.2, 0.25) is 0 Å². The summed E-state index contributed by atoms with van der Waals surface area (Å²) in [7, 11) is 0. The topological polar surface area (TPSA) is 9.23 Å². The van der Waals surface area contributed by atoms with Gasteiger partial charge in [-0.3, -0.25) is 0 Å². The number of hydrogen-bond acceptors (Lipinski definition) is 3. The molecule has 1 nitrogen and oxygen atoms in total. The van der Waals surface area contributed by atoms with Crippen molar-refractivity contribution in [1.82, 2.24) is 0 Å². The molecule has 3 heteroatoms. The summed E-state index contributed by atoms with van der Waals surface area (Å²) in [6.07, 6.45) is 6.51. The maximum Gasteiger partial charge on any atom is 0.0476 e. The molecule has 0 unspecified atom stereocenters. The molecule has 0 bridgehead atoms. The Kier molecular flexibility index (Phi) is 7.23. The fourth-order valence-corrected chi connectivity index (χ4v) is 2.94. The van der Waals surface area contributed by atoms with E-state index in [2.05, 4.69) is 24.4 Å². The van der Waals surface area contributed by atoms with Gasteiger partial charge in [0.1, 0.15) is 0 Å². The minimum Gasteiger partial charge on any atom is -0.381 e. The Labute approximate surface area is 91.4 Å². The highest BCUT2D eigenvalue weighted by molar-refractivity contribution is 7.99. The standard InChI is InChI=1S/C10H20OS2/c12-8-2-1-3-9-13-10-4-6-11-7-5-10/h10,12H,1-9H2. The van der Waals surface area contributed by atoms with Crippen molar-refractivity contribution >= 4 is 24.4 Å². The Morgan fingerprint density at radius 1 is 1.15 bits per heavy atom. The largest absolute Gasteiger partial charge is 0.381 e. The molecule has 1 fully saturated rings. The number of rotatable bonds is 6. The van der Waals surface area contributed by atoms with E-state index in [1.165, 1.54) is 37.9 Å². The molecule has 0 atom stereocenters. The van der Waals surface area contributed by atoms with Crippen LogP contribution in [0.5, 0.6) is 0 Å². The smallest absolute Gasteiger partial charge is 0.0476 e. The van der Waals surface area contributed by atoms with E-state index in [1.54, 1.807) is 0 Å². The molecule has 0 aromatic rings. The van der Waals surface area contributed by atoms with Crippen molar-refractivity contribution in [3.05, 3.63) is 0 Å². The molecule has 0 saturated carbocycles. The maximum absolute atomic E-state index is 5.32. The van der Waals surface area contributed by atoms with Gasteiger partial charge in [-0.15, -0.1) is 0 Å².